The average Bonchev–Trinajstić information content (AvgIpc) is 2.83. The summed E-state index contributed by atoms with van der Waals surface area (Å²) < 4.78 is 69.0. The summed E-state index contributed by atoms with van der Waals surface area (Å²) in [6.07, 6.45) is -5.00. The molecule has 14 heteroatoms. The molecule has 37 heavy (non-hydrogen) atoms. The number of alkyl halides is 3. The molecule has 0 spiro atoms. The van der Waals surface area contributed by atoms with Crippen LogP contribution >= 0.6 is 11.8 Å². The van der Waals surface area contributed by atoms with Gasteiger partial charge in [-0.25, -0.2) is 13.8 Å². The lowest BCUT2D eigenvalue weighted by molar-refractivity contribution is -0.385. The standard InChI is InChI=1S/C23H13F5N4O4S/c24-12-5-8-19(16(25)9-12)31-21(34)14-3-1-2-4-17(14)30-22(31)37-11-20(33)29-18-7-6-13(32(35)36)10-15(18)23(26,27)28/h1-10H,11H2,(H,29,33). The first-order chi connectivity index (χ1) is 17.5. The Bertz CT molecular complexity index is 1610. The number of anilines is 1. The Morgan fingerprint density at radius 2 is 1.81 bits per heavy atom. The van der Waals surface area contributed by atoms with Crippen molar-refractivity contribution in [3.05, 3.63) is 98.3 Å². The highest BCUT2D eigenvalue weighted by Gasteiger charge is 2.35. The molecule has 8 nitrogen and oxygen atoms in total. The van der Waals surface area contributed by atoms with Gasteiger partial charge in [-0.1, -0.05) is 23.9 Å². The molecule has 190 valence electrons. The molecule has 0 fully saturated rings. The molecule has 0 aliphatic rings. The zero-order chi connectivity index (χ0) is 26.9. The molecule has 0 saturated carbocycles. The molecule has 0 unspecified atom stereocenters. The molecule has 0 bridgehead atoms. The van der Waals surface area contributed by atoms with Crippen molar-refractivity contribution in [2.45, 2.75) is 11.3 Å². The molecular weight excluding hydrogens is 523 g/mol. The van der Waals surface area contributed by atoms with Gasteiger partial charge in [0.25, 0.3) is 11.2 Å². The number of halogens is 5. The van der Waals surface area contributed by atoms with Crippen LogP contribution in [-0.4, -0.2) is 26.1 Å². The van der Waals surface area contributed by atoms with Gasteiger partial charge in [-0.05, 0) is 30.3 Å². The van der Waals surface area contributed by atoms with Crippen LogP contribution in [0.2, 0.25) is 0 Å². The predicted octanol–water partition coefficient (Wildman–Crippen LogP) is 5.32. The lowest BCUT2D eigenvalue weighted by Crippen LogP contribution is -2.24. The van der Waals surface area contributed by atoms with E-state index in [0.29, 0.717) is 23.9 Å². The lowest BCUT2D eigenvalue weighted by Gasteiger charge is -2.15. The Morgan fingerprint density at radius 3 is 2.49 bits per heavy atom. The van der Waals surface area contributed by atoms with Crippen LogP contribution < -0.4 is 10.9 Å². The zero-order valence-electron chi connectivity index (χ0n) is 18.3. The number of rotatable bonds is 6. The molecule has 1 aromatic heterocycles. The summed E-state index contributed by atoms with van der Waals surface area (Å²) in [5.41, 5.74) is -3.79. The quantitative estimate of drug-likeness (QED) is 0.118. The summed E-state index contributed by atoms with van der Waals surface area (Å²) in [6, 6.07) is 10.4. The van der Waals surface area contributed by atoms with Gasteiger partial charge >= 0.3 is 6.18 Å². The molecule has 1 heterocycles. The molecule has 0 atom stereocenters. The van der Waals surface area contributed by atoms with Crippen molar-refractivity contribution < 1.29 is 31.7 Å². The van der Waals surface area contributed by atoms with Crippen LogP contribution in [0, 0.1) is 21.7 Å². The van der Waals surface area contributed by atoms with Gasteiger partial charge in [0.1, 0.15) is 11.6 Å². The van der Waals surface area contributed by atoms with Crippen molar-refractivity contribution in [2.75, 3.05) is 11.1 Å². The van der Waals surface area contributed by atoms with Crippen LogP contribution in [0.5, 0.6) is 0 Å². The fourth-order valence-electron chi connectivity index (χ4n) is 3.39. The highest BCUT2D eigenvalue weighted by molar-refractivity contribution is 7.99. The lowest BCUT2D eigenvalue weighted by atomic mass is 10.1. The maximum atomic E-state index is 14.6. The Labute approximate surface area is 207 Å². The average molecular weight is 536 g/mol. The van der Waals surface area contributed by atoms with Gasteiger partial charge in [-0.2, -0.15) is 13.2 Å². The van der Waals surface area contributed by atoms with E-state index in [2.05, 4.69) is 4.98 Å². The summed E-state index contributed by atoms with van der Waals surface area (Å²) in [5.74, 6) is -3.49. The number of non-ortho nitro benzene ring substituents is 1. The van der Waals surface area contributed by atoms with E-state index in [4.69, 9.17) is 0 Å². The van der Waals surface area contributed by atoms with E-state index >= 15 is 0 Å². The van der Waals surface area contributed by atoms with Gasteiger partial charge in [0.2, 0.25) is 5.91 Å². The number of para-hydroxylation sites is 1. The monoisotopic (exact) mass is 536 g/mol. The summed E-state index contributed by atoms with van der Waals surface area (Å²) in [6.45, 7) is 0. The first kappa shape index (κ1) is 25.8. The number of benzene rings is 3. The Morgan fingerprint density at radius 1 is 1.08 bits per heavy atom. The number of nitrogens with one attached hydrogen (secondary N) is 1. The number of hydrogen-bond acceptors (Lipinski definition) is 6. The molecular formula is C23H13F5N4O4S. The Hall–Kier alpha value is -4.33. The number of carbonyl (C=O) groups is 1. The van der Waals surface area contributed by atoms with Crippen LogP contribution in [0.3, 0.4) is 0 Å². The van der Waals surface area contributed by atoms with Crippen molar-refractivity contribution >= 4 is 39.9 Å². The minimum absolute atomic E-state index is 0.112. The molecule has 1 N–H and O–H groups in total. The predicted molar refractivity (Wildman–Crippen MR) is 125 cm³/mol. The highest BCUT2D eigenvalue weighted by Crippen LogP contribution is 2.37. The van der Waals surface area contributed by atoms with E-state index in [1.54, 1.807) is 12.1 Å². The maximum Gasteiger partial charge on any atom is 0.418 e. The third-order valence-electron chi connectivity index (χ3n) is 5.02. The molecule has 4 rings (SSSR count). The molecule has 0 aliphatic carbocycles. The van der Waals surface area contributed by atoms with Crippen LogP contribution in [0.15, 0.2) is 70.6 Å². The molecule has 3 aromatic carbocycles. The SMILES string of the molecule is O=C(CSc1nc2ccccc2c(=O)n1-c1ccc(F)cc1F)Nc1ccc([N+](=O)[O-])cc1C(F)(F)F. The number of nitrogens with zero attached hydrogens (tertiary/aromatic N) is 3. The summed E-state index contributed by atoms with van der Waals surface area (Å²) in [4.78, 5) is 39.8. The Balaban J connectivity index is 1.68. The van der Waals surface area contributed by atoms with E-state index in [1.165, 1.54) is 12.1 Å². The second-order valence-corrected chi connectivity index (χ2v) is 8.41. The number of nitro benzene ring substituents is 1. The van der Waals surface area contributed by atoms with Gasteiger partial charge in [0, 0.05) is 18.2 Å². The van der Waals surface area contributed by atoms with E-state index in [-0.39, 0.29) is 21.7 Å². The van der Waals surface area contributed by atoms with Crippen LogP contribution in [0.25, 0.3) is 16.6 Å². The van der Waals surface area contributed by atoms with Gasteiger partial charge in [-0.3, -0.25) is 24.3 Å². The summed E-state index contributed by atoms with van der Waals surface area (Å²) in [7, 11) is 0. The topological polar surface area (TPSA) is 107 Å². The minimum Gasteiger partial charge on any atom is -0.325 e. The number of amides is 1. The number of fused-ring (bicyclic) bond motifs is 1. The second-order valence-electron chi connectivity index (χ2n) is 7.47. The van der Waals surface area contributed by atoms with E-state index in [0.717, 1.165) is 28.8 Å². The summed E-state index contributed by atoms with van der Waals surface area (Å²) >= 11 is 0.622. The van der Waals surface area contributed by atoms with Crippen molar-refractivity contribution in [2.24, 2.45) is 0 Å². The minimum atomic E-state index is -5.00. The molecule has 0 radical (unpaired) electrons. The number of carbonyl (C=O) groups excluding carboxylic acids is 1. The van der Waals surface area contributed by atoms with Crippen LogP contribution in [0.4, 0.5) is 33.3 Å². The van der Waals surface area contributed by atoms with Crippen molar-refractivity contribution in [1.29, 1.82) is 0 Å². The highest BCUT2D eigenvalue weighted by atomic mass is 32.2. The molecule has 4 aromatic rings. The van der Waals surface area contributed by atoms with Crippen LogP contribution in [0.1, 0.15) is 5.56 Å². The van der Waals surface area contributed by atoms with Crippen molar-refractivity contribution in [3.63, 3.8) is 0 Å². The largest absolute Gasteiger partial charge is 0.418 e. The third-order valence-corrected chi connectivity index (χ3v) is 5.96. The third kappa shape index (κ3) is 5.43. The molecule has 0 aliphatic heterocycles. The van der Waals surface area contributed by atoms with E-state index < -0.39 is 56.9 Å². The first-order valence-corrected chi connectivity index (χ1v) is 11.2. The van der Waals surface area contributed by atoms with Gasteiger partial charge in [0.15, 0.2) is 5.16 Å². The Kier molecular flexibility index (Phi) is 6.94. The first-order valence-electron chi connectivity index (χ1n) is 10.2. The fourth-order valence-corrected chi connectivity index (χ4v) is 4.20. The van der Waals surface area contributed by atoms with Gasteiger partial charge < -0.3 is 5.32 Å². The number of nitro groups is 1. The number of thioether (sulfide) groups is 1. The second kappa shape index (κ2) is 9.97. The van der Waals surface area contributed by atoms with Crippen LogP contribution in [-0.2, 0) is 11.0 Å². The maximum absolute atomic E-state index is 14.6. The zero-order valence-corrected chi connectivity index (χ0v) is 19.1. The van der Waals surface area contributed by atoms with Gasteiger partial charge in [-0.15, -0.1) is 0 Å². The van der Waals surface area contributed by atoms with Gasteiger partial charge in [0.05, 0.1) is 38.5 Å². The summed E-state index contributed by atoms with van der Waals surface area (Å²) in [5, 5.41) is 12.8. The van der Waals surface area contributed by atoms with E-state index in [1.807, 2.05) is 5.32 Å². The van der Waals surface area contributed by atoms with Crippen molar-refractivity contribution in [3.8, 4) is 5.69 Å². The normalized spacial score (nSPS) is 11.5. The fraction of sp³-hybridized carbons (Fsp3) is 0.0870. The molecule has 0 saturated heterocycles. The van der Waals surface area contributed by atoms with Crippen molar-refractivity contribution in [1.82, 2.24) is 9.55 Å². The molecule has 1 amide bonds. The number of aromatic nitrogens is 2. The van der Waals surface area contributed by atoms with E-state index in [9.17, 15) is 41.7 Å². The number of hydrogen-bond donors (Lipinski definition) is 1. The smallest absolute Gasteiger partial charge is 0.325 e.